The SMILES string of the molecule is Cc1cc(NCCn2cnc(C(=O)O)c2)nc(C)n1. The van der Waals surface area contributed by atoms with Gasteiger partial charge in [0.05, 0.1) is 6.33 Å². The van der Waals surface area contributed by atoms with Crippen molar-refractivity contribution in [2.75, 3.05) is 11.9 Å². The van der Waals surface area contributed by atoms with Gasteiger partial charge in [-0.3, -0.25) is 0 Å². The second-order valence-electron chi connectivity index (χ2n) is 4.17. The summed E-state index contributed by atoms with van der Waals surface area (Å²) in [6, 6.07) is 1.86. The quantitative estimate of drug-likeness (QED) is 0.837. The molecule has 100 valence electrons. The van der Waals surface area contributed by atoms with Gasteiger partial charge in [0.25, 0.3) is 0 Å². The molecule has 0 saturated carbocycles. The third kappa shape index (κ3) is 3.51. The molecule has 0 aliphatic carbocycles. The van der Waals surface area contributed by atoms with Crippen molar-refractivity contribution in [2.45, 2.75) is 20.4 Å². The highest BCUT2D eigenvalue weighted by molar-refractivity contribution is 5.84. The first kappa shape index (κ1) is 13.0. The minimum atomic E-state index is -1.02. The smallest absolute Gasteiger partial charge is 0.356 e. The second kappa shape index (κ2) is 5.47. The largest absolute Gasteiger partial charge is 0.476 e. The number of nitrogens with one attached hydrogen (secondary N) is 1. The Kier molecular flexibility index (Phi) is 3.74. The lowest BCUT2D eigenvalue weighted by atomic mass is 10.4. The Balaban J connectivity index is 1.90. The van der Waals surface area contributed by atoms with Gasteiger partial charge in [-0.1, -0.05) is 0 Å². The standard InChI is InChI=1S/C12H15N5O2/c1-8-5-11(16-9(2)15-8)13-3-4-17-6-10(12(18)19)14-7-17/h5-7H,3-4H2,1-2H3,(H,18,19)(H,13,15,16). The van der Waals surface area contributed by atoms with Gasteiger partial charge in [0.2, 0.25) is 0 Å². The lowest BCUT2D eigenvalue weighted by molar-refractivity contribution is 0.0691. The number of imidazole rings is 1. The molecular formula is C12H15N5O2. The van der Waals surface area contributed by atoms with Gasteiger partial charge in [0.1, 0.15) is 11.6 Å². The molecule has 0 radical (unpaired) electrons. The molecule has 0 amide bonds. The van der Waals surface area contributed by atoms with Crippen LogP contribution in [0, 0.1) is 13.8 Å². The normalized spacial score (nSPS) is 10.4. The summed E-state index contributed by atoms with van der Waals surface area (Å²) in [5.74, 6) is 0.468. The van der Waals surface area contributed by atoms with Crippen LogP contribution >= 0.6 is 0 Å². The van der Waals surface area contributed by atoms with Crippen LogP contribution in [-0.4, -0.2) is 37.1 Å². The molecule has 7 nitrogen and oxygen atoms in total. The van der Waals surface area contributed by atoms with E-state index in [1.54, 1.807) is 4.57 Å². The number of anilines is 1. The Bertz CT molecular complexity index is 573. The lowest BCUT2D eigenvalue weighted by Gasteiger charge is -2.07. The van der Waals surface area contributed by atoms with E-state index in [9.17, 15) is 4.79 Å². The van der Waals surface area contributed by atoms with Crippen LogP contribution in [0.15, 0.2) is 18.6 Å². The van der Waals surface area contributed by atoms with Gasteiger partial charge >= 0.3 is 5.97 Å². The van der Waals surface area contributed by atoms with E-state index in [1.807, 2.05) is 19.9 Å². The summed E-state index contributed by atoms with van der Waals surface area (Å²) < 4.78 is 1.72. The first-order valence-electron chi connectivity index (χ1n) is 5.86. The van der Waals surface area contributed by atoms with Crippen LogP contribution in [0.2, 0.25) is 0 Å². The molecule has 7 heteroatoms. The van der Waals surface area contributed by atoms with E-state index < -0.39 is 5.97 Å². The van der Waals surface area contributed by atoms with Crippen molar-refractivity contribution in [1.82, 2.24) is 19.5 Å². The van der Waals surface area contributed by atoms with Gasteiger partial charge in [-0.25, -0.2) is 19.7 Å². The van der Waals surface area contributed by atoms with E-state index in [0.29, 0.717) is 13.1 Å². The number of hydrogen-bond donors (Lipinski definition) is 2. The Morgan fingerprint density at radius 1 is 1.42 bits per heavy atom. The fraction of sp³-hybridized carbons (Fsp3) is 0.333. The minimum Gasteiger partial charge on any atom is -0.476 e. The maximum Gasteiger partial charge on any atom is 0.356 e. The molecule has 19 heavy (non-hydrogen) atoms. The summed E-state index contributed by atoms with van der Waals surface area (Å²) in [5.41, 5.74) is 0.958. The number of hydrogen-bond acceptors (Lipinski definition) is 5. The number of aryl methyl sites for hydroxylation is 2. The van der Waals surface area contributed by atoms with Crippen LogP contribution in [0.3, 0.4) is 0 Å². The highest BCUT2D eigenvalue weighted by Gasteiger charge is 2.06. The molecule has 0 fully saturated rings. The van der Waals surface area contributed by atoms with Crippen molar-refractivity contribution in [3.05, 3.63) is 35.8 Å². The Hall–Kier alpha value is -2.44. The number of nitrogens with zero attached hydrogens (tertiary/aromatic N) is 4. The van der Waals surface area contributed by atoms with E-state index in [-0.39, 0.29) is 5.69 Å². The van der Waals surface area contributed by atoms with E-state index in [4.69, 9.17) is 5.11 Å². The number of rotatable bonds is 5. The van der Waals surface area contributed by atoms with Crippen LogP contribution in [0.4, 0.5) is 5.82 Å². The van der Waals surface area contributed by atoms with Crippen molar-refractivity contribution >= 4 is 11.8 Å². The summed E-state index contributed by atoms with van der Waals surface area (Å²) in [5, 5.41) is 11.9. The topological polar surface area (TPSA) is 92.9 Å². The number of carbonyl (C=O) groups is 1. The molecule has 2 aromatic rings. The number of carboxylic acid groups (broad SMARTS) is 1. The minimum absolute atomic E-state index is 0.0497. The summed E-state index contributed by atoms with van der Waals surface area (Å²) in [7, 11) is 0. The Morgan fingerprint density at radius 3 is 2.84 bits per heavy atom. The molecule has 2 N–H and O–H groups in total. The average molecular weight is 261 g/mol. The zero-order chi connectivity index (χ0) is 13.8. The maximum absolute atomic E-state index is 10.7. The van der Waals surface area contributed by atoms with Crippen molar-refractivity contribution in [2.24, 2.45) is 0 Å². The van der Waals surface area contributed by atoms with Crippen molar-refractivity contribution in [3.63, 3.8) is 0 Å². The van der Waals surface area contributed by atoms with Gasteiger partial charge in [-0.15, -0.1) is 0 Å². The molecule has 2 aromatic heterocycles. The summed E-state index contributed by atoms with van der Waals surface area (Å²) >= 11 is 0. The van der Waals surface area contributed by atoms with E-state index in [1.165, 1.54) is 12.5 Å². The van der Waals surface area contributed by atoms with Gasteiger partial charge in [-0.05, 0) is 13.8 Å². The van der Waals surface area contributed by atoms with Gasteiger partial charge in [0, 0.05) is 31.0 Å². The van der Waals surface area contributed by atoms with Crippen LogP contribution in [0.1, 0.15) is 22.0 Å². The molecule has 0 bridgehead atoms. The fourth-order valence-corrected chi connectivity index (χ4v) is 1.71. The van der Waals surface area contributed by atoms with Gasteiger partial charge in [0.15, 0.2) is 5.69 Å². The number of aromatic nitrogens is 4. The zero-order valence-electron chi connectivity index (χ0n) is 10.8. The first-order chi connectivity index (χ1) is 9.04. The van der Waals surface area contributed by atoms with Crippen molar-refractivity contribution < 1.29 is 9.90 Å². The average Bonchev–Trinajstić information content (AvgIpc) is 2.76. The highest BCUT2D eigenvalue weighted by Crippen LogP contribution is 2.05. The van der Waals surface area contributed by atoms with E-state index in [2.05, 4.69) is 20.3 Å². The van der Waals surface area contributed by atoms with Gasteiger partial charge < -0.3 is 15.0 Å². The van der Waals surface area contributed by atoms with E-state index >= 15 is 0 Å². The lowest BCUT2D eigenvalue weighted by Crippen LogP contribution is -2.11. The molecule has 0 aromatic carbocycles. The third-order valence-corrected chi connectivity index (χ3v) is 2.49. The maximum atomic E-state index is 10.7. The molecular weight excluding hydrogens is 246 g/mol. The molecule has 0 atom stereocenters. The van der Waals surface area contributed by atoms with Crippen LogP contribution in [0.5, 0.6) is 0 Å². The van der Waals surface area contributed by atoms with Crippen LogP contribution < -0.4 is 5.32 Å². The molecule has 0 spiro atoms. The Morgan fingerprint density at radius 2 is 2.21 bits per heavy atom. The number of carboxylic acids is 1. The van der Waals surface area contributed by atoms with Crippen molar-refractivity contribution in [1.29, 1.82) is 0 Å². The second-order valence-corrected chi connectivity index (χ2v) is 4.17. The summed E-state index contributed by atoms with van der Waals surface area (Å²) in [4.78, 5) is 22.9. The third-order valence-electron chi connectivity index (χ3n) is 2.49. The van der Waals surface area contributed by atoms with E-state index in [0.717, 1.165) is 17.3 Å². The van der Waals surface area contributed by atoms with Gasteiger partial charge in [-0.2, -0.15) is 0 Å². The predicted molar refractivity (Wildman–Crippen MR) is 69.2 cm³/mol. The van der Waals surface area contributed by atoms with Crippen LogP contribution in [0.25, 0.3) is 0 Å². The fourth-order valence-electron chi connectivity index (χ4n) is 1.71. The first-order valence-corrected chi connectivity index (χ1v) is 5.86. The summed E-state index contributed by atoms with van der Waals surface area (Å²) in [6.45, 7) is 5.00. The molecule has 2 heterocycles. The zero-order valence-corrected chi connectivity index (χ0v) is 10.8. The highest BCUT2D eigenvalue weighted by atomic mass is 16.4. The Labute approximate surface area is 110 Å². The molecule has 0 aliphatic rings. The molecule has 0 aliphatic heterocycles. The predicted octanol–water partition coefficient (Wildman–Crippen LogP) is 1.10. The van der Waals surface area contributed by atoms with Crippen LogP contribution in [-0.2, 0) is 6.54 Å². The molecule has 2 rings (SSSR count). The molecule has 0 saturated heterocycles. The summed E-state index contributed by atoms with van der Waals surface area (Å²) in [6.07, 6.45) is 3.00. The van der Waals surface area contributed by atoms with Crippen molar-refractivity contribution in [3.8, 4) is 0 Å². The molecule has 0 unspecified atom stereocenters. The number of aromatic carboxylic acids is 1. The monoisotopic (exact) mass is 261 g/mol.